The molecule has 0 aliphatic heterocycles. The van der Waals surface area contributed by atoms with Crippen molar-refractivity contribution in [1.29, 1.82) is 0 Å². The highest BCUT2D eigenvalue weighted by Gasteiger charge is 2.04. The summed E-state index contributed by atoms with van der Waals surface area (Å²) in [4.78, 5) is 20.6. The van der Waals surface area contributed by atoms with Gasteiger partial charge in [-0.2, -0.15) is 0 Å². The predicted molar refractivity (Wildman–Crippen MR) is 116 cm³/mol. The van der Waals surface area contributed by atoms with E-state index in [2.05, 4.69) is 32.9 Å². The number of halogens is 1. The molecule has 0 aromatic carbocycles. The number of nitrogens with one attached hydrogen (secondary N) is 3. The minimum Gasteiger partial charge on any atom is -0.357 e. The number of aryl methyl sites for hydroxylation is 1. The number of carbonyl (C=O) groups is 1. The highest BCUT2D eigenvalue weighted by molar-refractivity contribution is 14.0. The molecule has 0 unspecified atom stereocenters. The first-order valence-electron chi connectivity index (χ1n) is 8.90. The third-order valence-corrected chi connectivity index (χ3v) is 3.45. The number of pyridine rings is 1. The summed E-state index contributed by atoms with van der Waals surface area (Å²) in [6.07, 6.45) is 6.91. The van der Waals surface area contributed by atoms with Crippen LogP contribution in [0, 0.1) is 6.92 Å². The van der Waals surface area contributed by atoms with E-state index >= 15 is 0 Å². The van der Waals surface area contributed by atoms with Gasteiger partial charge in [0.15, 0.2) is 5.96 Å². The van der Waals surface area contributed by atoms with Gasteiger partial charge in [-0.25, -0.2) is 4.98 Å². The van der Waals surface area contributed by atoms with Gasteiger partial charge in [-0.3, -0.25) is 9.79 Å². The molecule has 3 N–H and O–H groups in total. The van der Waals surface area contributed by atoms with E-state index in [9.17, 15) is 4.79 Å². The van der Waals surface area contributed by atoms with Crippen LogP contribution in [0.3, 0.4) is 0 Å². The average molecular weight is 461 g/mol. The van der Waals surface area contributed by atoms with Crippen LogP contribution in [0.4, 0.5) is 5.82 Å². The monoisotopic (exact) mass is 461 g/mol. The third-order valence-electron chi connectivity index (χ3n) is 3.45. The number of aromatic nitrogens is 1. The number of carbonyl (C=O) groups excluding carboxylic acids is 1. The molecule has 0 saturated carbocycles. The average Bonchev–Trinajstić information content (AvgIpc) is 2.56. The fraction of sp³-hybridized carbons (Fsp3) is 0.611. The van der Waals surface area contributed by atoms with Gasteiger partial charge >= 0.3 is 0 Å². The second kappa shape index (κ2) is 14.9. The lowest BCUT2D eigenvalue weighted by Gasteiger charge is -2.11. The summed E-state index contributed by atoms with van der Waals surface area (Å²) in [7, 11) is 0. The van der Waals surface area contributed by atoms with Crippen molar-refractivity contribution in [2.24, 2.45) is 4.99 Å². The van der Waals surface area contributed by atoms with Gasteiger partial charge < -0.3 is 16.0 Å². The van der Waals surface area contributed by atoms with Crippen molar-refractivity contribution in [2.45, 2.75) is 52.9 Å². The molecule has 1 amide bonds. The number of hydrogen-bond acceptors (Lipinski definition) is 3. The van der Waals surface area contributed by atoms with Crippen molar-refractivity contribution in [3.05, 3.63) is 23.9 Å². The maximum atomic E-state index is 11.9. The van der Waals surface area contributed by atoms with Gasteiger partial charge in [-0.15, -0.1) is 24.0 Å². The van der Waals surface area contributed by atoms with E-state index in [4.69, 9.17) is 0 Å². The van der Waals surface area contributed by atoms with E-state index in [-0.39, 0.29) is 29.9 Å². The molecule has 0 spiro atoms. The van der Waals surface area contributed by atoms with Crippen molar-refractivity contribution in [1.82, 2.24) is 15.6 Å². The Bertz CT molecular complexity index is 505. The molecule has 25 heavy (non-hydrogen) atoms. The molecule has 0 aliphatic rings. The Morgan fingerprint density at radius 3 is 2.60 bits per heavy atom. The molecule has 1 heterocycles. The normalized spacial score (nSPS) is 10.8. The molecule has 6 nitrogen and oxygen atoms in total. The predicted octanol–water partition coefficient (Wildman–Crippen LogP) is 3.47. The molecule has 1 aromatic rings. The molecular weight excluding hydrogens is 429 g/mol. The maximum Gasteiger partial charge on any atom is 0.227 e. The summed E-state index contributed by atoms with van der Waals surface area (Å²) in [6.45, 7) is 8.36. The van der Waals surface area contributed by atoms with Crippen LogP contribution < -0.4 is 16.0 Å². The van der Waals surface area contributed by atoms with Crippen LogP contribution in [0.2, 0.25) is 0 Å². The molecule has 0 aliphatic carbocycles. The van der Waals surface area contributed by atoms with Gasteiger partial charge in [-0.05, 0) is 31.9 Å². The molecule has 0 fully saturated rings. The minimum atomic E-state index is -0.0577. The molecule has 1 aromatic heterocycles. The molecule has 142 valence electrons. The Hall–Kier alpha value is -1.38. The number of nitrogens with zero attached hydrogens (tertiary/aromatic N) is 2. The standard InChI is InChI=1S/C18H31N5O.HI/c1-4-6-7-8-12-20-18(19-5-2)21-13-11-17(24)23-16-10-9-15(3)14-22-16;/h9-10,14H,4-8,11-13H2,1-3H3,(H2,19,20,21)(H,22,23,24);1H. The zero-order chi connectivity index (χ0) is 17.6. The van der Waals surface area contributed by atoms with Gasteiger partial charge in [0.1, 0.15) is 5.82 Å². The van der Waals surface area contributed by atoms with Crippen LogP contribution in [-0.4, -0.2) is 36.5 Å². The first-order valence-corrected chi connectivity index (χ1v) is 8.90. The fourth-order valence-corrected chi connectivity index (χ4v) is 2.11. The quantitative estimate of drug-likeness (QED) is 0.216. The lowest BCUT2D eigenvalue weighted by atomic mass is 10.2. The van der Waals surface area contributed by atoms with Crippen LogP contribution >= 0.6 is 24.0 Å². The smallest absolute Gasteiger partial charge is 0.227 e. The molecule has 1 rings (SSSR count). The first-order chi connectivity index (χ1) is 11.7. The van der Waals surface area contributed by atoms with Crippen molar-refractivity contribution in [2.75, 3.05) is 25.0 Å². The number of unbranched alkanes of at least 4 members (excludes halogenated alkanes) is 3. The van der Waals surface area contributed by atoms with Gasteiger partial charge in [0, 0.05) is 32.3 Å². The van der Waals surface area contributed by atoms with Gasteiger partial charge in [0.25, 0.3) is 0 Å². The highest BCUT2D eigenvalue weighted by atomic mass is 127. The van der Waals surface area contributed by atoms with E-state index in [0.717, 1.165) is 31.0 Å². The second-order valence-electron chi connectivity index (χ2n) is 5.77. The van der Waals surface area contributed by atoms with Crippen LogP contribution in [0.1, 0.15) is 51.5 Å². The lowest BCUT2D eigenvalue weighted by Crippen LogP contribution is -2.38. The van der Waals surface area contributed by atoms with Crippen LogP contribution in [-0.2, 0) is 4.79 Å². The summed E-state index contributed by atoms with van der Waals surface area (Å²) in [5, 5.41) is 9.18. The van der Waals surface area contributed by atoms with Crippen molar-refractivity contribution in [3.63, 3.8) is 0 Å². The third kappa shape index (κ3) is 11.7. The summed E-state index contributed by atoms with van der Waals surface area (Å²) < 4.78 is 0. The fourth-order valence-electron chi connectivity index (χ4n) is 2.11. The Labute approximate surface area is 168 Å². The summed E-state index contributed by atoms with van der Waals surface area (Å²) >= 11 is 0. The molecule has 0 atom stereocenters. The van der Waals surface area contributed by atoms with Gasteiger partial charge in [0.2, 0.25) is 5.91 Å². The zero-order valence-corrected chi connectivity index (χ0v) is 17.9. The number of anilines is 1. The lowest BCUT2D eigenvalue weighted by molar-refractivity contribution is -0.116. The summed E-state index contributed by atoms with van der Waals surface area (Å²) in [5.74, 6) is 1.30. The van der Waals surface area contributed by atoms with Crippen molar-refractivity contribution in [3.8, 4) is 0 Å². The molecule has 0 saturated heterocycles. The summed E-state index contributed by atoms with van der Waals surface area (Å²) in [5.41, 5.74) is 1.07. The van der Waals surface area contributed by atoms with E-state index in [0.29, 0.717) is 18.8 Å². The van der Waals surface area contributed by atoms with E-state index in [1.54, 1.807) is 6.20 Å². The number of hydrogen-bond donors (Lipinski definition) is 3. The molecule has 0 radical (unpaired) electrons. The Kier molecular flexibility index (Phi) is 14.1. The number of guanidine groups is 1. The van der Waals surface area contributed by atoms with Crippen molar-refractivity contribution >= 4 is 41.7 Å². The topological polar surface area (TPSA) is 78.4 Å². The minimum absolute atomic E-state index is 0. The number of rotatable bonds is 10. The molecule has 0 bridgehead atoms. The van der Waals surface area contributed by atoms with E-state index in [1.165, 1.54) is 19.3 Å². The largest absolute Gasteiger partial charge is 0.357 e. The number of aliphatic imine (C=N–C) groups is 1. The maximum absolute atomic E-state index is 11.9. The summed E-state index contributed by atoms with van der Waals surface area (Å²) in [6, 6.07) is 3.73. The highest BCUT2D eigenvalue weighted by Crippen LogP contribution is 2.04. The Balaban J connectivity index is 0.00000576. The molecule has 7 heteroatoms. The Morgan fingerprint density at radius 1 is 1.16 bits per heavy atom. The van der Waals surface area contributed by atoms with Gasteiger partial charge in [-0.1, -0.05) is 32.3 Å². The first kappa shape index (κ1) is 23.6. The number of amides is 1. The van der Waals surface area contributed by atoms with Gasteiger partial charge in [0.05, 0.1) is 0 Å². The van der Waals surface area contributed by atoms with E-state index in [1.807, 2.05) is 26.0 Å². The SMILES string of the molecule is CCCCCCN=C(NCC)NCCC(=O)Nc1ccc(C)cn1.I. The van der Waals surface area contributed by atoms with Crippen LogP contribution in [0.15, 0.2) is 23.3 Å². The molecular formula is C18H32IN5O. The van der Waals surface area contributed by atoms with Crippen LogP contribution in [0.5, 0.6) is 0 Å². The Morgan fingerprint density at radius 2 is 1.96 bits per heavy atom. The zero-order valence-electron chi connectivity index (χ0n) is 15.6. The van der Waals surface area contributed by atoms with E-state index < -0.39 is 0 Å². The van der Waals surface area contributed by atoms with Crippen LogP contribution in [0.25, 0.3) is 0 Å². The second-order valence-corrected chi connectivity index (χ2v) is 5.77. The van der Waals surface area contributed by atoms with Crippen molar-refractivity contribution < 1.29 is 4.79 Å².